The number of nitrogens with zero attached hydrogens (tertiary/aromatic N) is 2. The Bertz CT molecular complexity index is 1030. The number of nitrogens with one attached hydrogen (secondary N) is 2. The molecular formula is C19H18F2N4OS. The molecule has 3 rings (SSSR count). The minimum atomic E-state index is -0.952. The third kappa shape index (κ3) is 4.28. The summed E-state index contributed by atoms with van der Waals surface area (Å²) >= 11 is 5.23. The quantitative estimate of drug-likeness (QED) is 0.648. The Morgan fingerprint density at radius 2 is 1.93 bits per heavy atom. The van der Waals surface area contributed by atoms with Crippen LogP contribution in [0.5, 0.6) is 0 Å². The maximum absolute atomic E-state index is 13.4. The Balaban J connectivity index is 1.76. The van der Waals surface area contributed by atoms with E-state index in [0.717, 1.165) is 23.3 Å². The molecule has 27 heavy (non-hydrogen) atoms. The number of aryl methyl sites for hydroxylation is 1. The highest BCUT2D eigenvalue weighted by molar-refractivity contribution is 7.71. The fourth-order valence-corrected chi connectivity index (χ4v) is 2.88. The third-order valence-electron chi connectivity index (χ3n) is 4.19. The molecule has 0 saturated heterocycles. The largest absolute Gasteiger partial charge is 0.348 e. The number of carbonyl (C=O) groups excluding carboxylic acids is 1. The number of amides is 1. The average molecular weight is 388 g/mol. The van der Waals surface area contributed by atoms with Gasteiger partial charge in [0.15, 0.2) is 22.2 Å². The van der Waals surface area contributed by atoms with Crippen LogP contribution in [0.3, 0.4) is 0 Å². The van der Waals surface area contributed by atoms with Crippen LogP contribution in [-0.4, -0.2) is 20.7 Å². The number of hydrogen-bond acceptors (Lipinski definition) is 3. The van der Waals surface area contributed by atoms with Crippen LogP contribution in [0.4, 0.5) is 8.78 Å². The topological polar surface area (TPSA) is 62.7 Å². The average Bonchev–Trinajstić information content (AvgIpc) is 2.98. The van der Waals surface area contributed by atoms with E-state index in [4.69, 9.17) is 12.2 Å². The highest BCUT2D eigenvalue weighted by Crippen LogP contribution is 2.19. The molecule has 0 aliphatic carbocycles. The van der Waals surface area contributed by atoms with Gasteiger partial charge < -0.3 is 5.32 Å². The van der Waals surface area contributed by atoms with Crippen molar-refractivity contribution in [2.45, 2.75) is 26.4 Å². The molecule has 0 spiro atoms. The molecule has 1 atom stereocenters. The number of aromatic nitrogens is 3. The van der Waals surface area contributed by atoms with Crippen LogP contribution in [0, 0.1) is 23.3 Å². The zero-order chi connectivity index (χ0) is 19.6. The minimum Gasteiger partial charge on any atom is -0.348 e. The summed E-state index contributed by atoms with van der Waals surface area (Å²) in [5.74, 6) is -1.65. The monoisotopic (exact) mass is 388 g/mol. The van der Waals surface area contributed by atoms with Crippen molar-refractivity contribution in [3.63, 3.8) is 0 Å². The van der Waals surface area contributed by atoms with Crippen LogP contribution in [0.2, 0.25) is 0 Å². The SMILES string of the molecule is Cc1ccc(-c2n[nH]c(=S)n2CC(=O)N[C@H](C)c2ccc(F)c(F)c2)cc1. The first kappa shape index (κ1) is 18.9. The molecule has 0 aliphatic rings. The fraction of sp³-hybridized carbons (Fsp3) is 0.211. The van der Waals surface area contributed by atoms with E-state index in [9.17, 15) is 13.6 Å². The smallest absolute Gasteiger partial charge is 0.240 e. The van der Waals surface area contributed by atoms with E-state index >= 15 is 0 Å². The zero-order valence-electron chi connectivity index (χ0n) is 14.8. The molecule has 0 radical (unpaired) electrons. The molecule has 0 fully saturated rings. The standard InChI is InChI=1S/C19H18F2N4OS/c1-11-3-5-13(6-4-11)18-23-24-19(27)25(18)10-17(26)22-12(2)14-7-8-15(20)16(21)9-14/h3-9,12H,10H2,1-2H3,(H,22,26)(H,24,27)/t12-/m1/s1. The van der Waals surface area contributed by atoms with Gasteiger partial charge in [-0.2, -0.15) is 5.10 Å². The predicted molar refractivity (Wildman–Crippen MR) is 101 cm³/mol. The number of halogens is 2. The second-order valence-electron chi connectivity index (χ2n) is 6.27. The van der Waals surface area contributed by atoms with Crippen molar-refractivity contribution in [2.75, 3.05) is 0 Å². The first-order valence-electron chi connectivity index (χ1n) is 8.31. The fourth-order valence-electron chi connectivity index (χ4n) is 2.68. The van der Waals surface area contributed by atoms with Gasteiger partial charge in [-0.1, -0.05) is 35.9 Å². The molecule has 3 aromatic rings. The Labute approximate surface area is 160 Å². The van der Waals surface area contributed by atoms with Gasteiger partial charge in [0.25, 0.3) is 0 Å². The van der Waals surface area contributed by atoms with Gasteiger partial charge >= 0.3 is 0 Å². The van der Waals surface area contributed by atoms with Gasteiger partial charge in [0.05, 0.1) is 6.04 Å². The van der Waals surface area contributed by atoms with Crippen LogP contribution in [0.15, 0.2) is 42.5 Å². The lowest BCUT2D eigenvalue weighted by Gasteiger charge is -2.15. The third-order valence-corrected chi connectivity index (χ3v) is 4.50. The molecule has 1 heterocycles. The molecule has 0 aliphatic heterocycles. The molecule has 140 valence electrons. The van der Waals surface area contributed by atoms with Crippen LogP contribution >= 0.6 is 12.2 Å². The highest BCUT2D eigenvalue weighted by atomic mass is 32.1. The van der Waals surface area contributed by atoms with Gasteiger partial charge in [-0.25, -0.2) is 8.78 Å². The van der Waals surface area contributed by atoms with E-state index in [0.29, 0.717) is 16.2 Å². The van der Waals surface area contributed by atoms with Crippen molar-refractivity contribution in [3.8, 4) is 11.4 Å². The van der Waals surface area contributed by atoms with Crippen molar-refractivity contribution >= 4 is 18.1 Å². The van der Waals surface area contributed by atoms with E-state index in [1.165, 1.54) is 6.07 Å². The molecule has 0 saturated carbocycles. The second kappa shape index (κ2) is 7.79. The Morgan fingerprint density at radius 3 is 2.59 bits per heavy atom. The molecule has 5 nitrogen and oxygen atoms in total. The van der Waals surface area contributed by atoms with Gasteiger partial charge in [-0.15, -0.1) is 0 Å². The summed E-state index contributed by atoms with van der Waals surface area (Å²) in [5.41, 5.74) is 2.41. The van der Waals surface area contributed by atoms with Crippen molar-refractivity contribution < 1.29 is 13.6 Å². The Kier molecular flexibility index (Phi) is 5.46. The number of carbonyl (C=O) groups is 1. The predicted octanol–water partition coefficient (Wildman–Crippen LogP) is 4.07. The lowest BCUT2D eigenvalue weighted by molar-refractivity contribution is -0.122. The van der Waals surface area contributed by atoms with E-state index in [-0.39, 0.29) is 12.5 Å². The summed E-state index contributed by atoms with van der Waals surface area (Å²) in [6.45, 7) is 3.63. The van der Waals surface area contributed by atoms with Crippen LogP contribution < -0.4 is 5.32 Å². The number of aromatic amines is 1. The van der Waals surface area contributed by atoms with Crippen molar-refractivity contribution in [1.82, 2.24) is 20.1 Å². The van der Waals surface area contributed by atoms with E-state index in [1.54, 1.807) is 11.5 Å². The summed E-state index contributed by atoms with van der Waals surface area (Å²) in [5, 5.41) is 9.66. The maximum atomic E-state index is 13.4. The molecule has 1 aromatic heterocycles. The van der Waals surface area contributed by atoms with Crippen molar-refractivity contribution in [2.24, 2.45) is 0 Å². The number of benzene rings is 2. The van der Waals surface area contributed by atoms with Gasteiger partial charge in [0.2, 0.25) is 5.91 Å². The molecular weight excluding hydrogens is 370 g/mol. The van der Waals surface area contributed by atoms with Crippen LogP contribution in [0.1, 0.15) is 24.1 Å². The first-order valence-corrected chi connectivity index (χ1v) is 8.72. The number of H-pyrrole nitrogens is 1. The zero-order valence-corrected chi connectivity index (χ0v) is 15.6. The minimum absolute atomic E-state index is 0.0490. The number of hydrogen-bond donors (Lipinski definition) is 2. The van der Waals surface area contributed by atoms with E-state index in [1.807, 2.05) is 31.2 Å². The molecule has 8 heteroatoms. The lowest BCUT2D eigenvalue weighted by Crippen LogP contribution is -2.30. The summed E-state index contributed by atoms with van der Waals surface area (Å²) in [4.78, 5) is 12.4. The molecule has 1 amide bonds. The van der Waals surface area contributed by atoms with Gasteiger partial charge in [0.1, 0.15) is 6.54 Å². The second-order valence-corrected chi connectivity index (χ2v) is 6.65. The van der Waals surface area contributed by atoms with E-state index in [2.05, 4.69) is 15.5 Å². The van der Waals surface area contributed by atoms with Crippen LogP contribution in [-0.2, 0) is 11.3 Å². The Morgan fingerprint density at radius 1 is 1.22 bits per heavy atom. The number of rotatable bonds is 5. The summed E-state index contributed by atoms with van der Waals surface area (Å²) in [6.07, 6.45) is 0. The maximum Gasteiger partial charge on any atom is 0.240 e. The molecule has 0 bridgehead atoms. The first-order chi connectivity index (χ1) is 12.8. The normalized spacial score (nSPS) is 12.0. The lowest BCUT2D eigenvalue weighted by atomic mass is 10.1. The molecule has 0 unspecified atom stereocenters. The van der Waals surface area contributed by atoms with Gasteiger partial charge in [-0.3, -0.25) is 14.5 Å². The van der Waals surface area contributed by atoms with Crippen LogP contribution in [0.25, 0.3) is 11.4 Å². The van der Waals surface area contributed by atoms with Gasteiger partial charge in [-0.05, 0) is 43.8 Å². The Hall–Kier alpha value is -2.87. The summed E-state index contributed by atoms with van der Waals surface area (Å²) in [6, 6.07) is 10.8. The highest BCUT2D eigenvalue weighted by Gasteiger charge is 2.15. The summed E-state index contributed by atoms with van der Waals surface area (Å²) < 4.78 is 28.4. The van der Waals surface area contributed by atoms with E-state index < -0.39 is 17.7 Å². The molecule has 2 aromatic carbocycles. The molecule has 2 N–H and O–H groups in total. The van der Waals surface area contributed by atoms with Crippen molar-refractivity contribution in [1.29, 1.82) is 0 Å². The van der Waals surface area contributed by atoms with Gasteiger partial charge in [0, 0.05) is 5.56 Å². The van der Waals surface area contributed by atoms with Crippen molar-refractivity contribution in [3.05, 3.63) is 70.0 Å². The summed E-state index contributed by atoms with van der Waals surface area (Å²) in [7, 11) is 0.